The minimum absolute atomic E-state index is 0.662. The van der Waals surface area contributed by atoms with Gasteiger partial charge < -0.3 is 5.09 Å². The van der Waals surface area contributed by atoms with Gasteiger partial charge in [0.05, 0.1) is 0 Å². The van der Waals surface area contributed by atoms with Crippen LogP contribution in [0.3, 0.4) is 0 Å². The van der Waals surface area contributed by atoms with Crippen molar-refractivity contribution in [2.24, 2.45) is 0 Å². The summed E-state index contributed by atoms with van der Waals surface area (Å²) in [6.45, 7) is 29.0. The number of benzene rings is 1. The van der Waals surface area contributed by atoms with E-state index in [1.165, 1.54) is 16.8 Å². The molecule has 0 heterocycles. The number of hydrogen-bond donors (Lipinski definition) is 1. The van der Waals surface area contributed by atoms with Gasteiger partial charge in [0.2, 0.25) is 0 Å². The molecule has 0 atom stereocenters. The quantitative estimate of drug-likeness (QED) is 0.271. The Kier molecular flexibility index (Phi) is 8.83. The lowest BCUT2D eigenvalue weighted by atomic mass is 10.1. The molecule has 0 unspecified atom stereocenters. The summed E-state index contributed by atoms with van der Waals surface area (Å²) >= 11 is 12.8. The van der Waals surface area contributed by atoms with E-state index in [9.17, 15) is 0 Å². The third-order valence-corrected chi connectivity index (χ3v) is 24.9. The highest BCUT2D eigenvalue weighted by Crippen LogP contribution is 2.52. The van der Waals surface area contributed by atoms with E-state index in [2.05, 4.69) is 102 Å². The third kappa shape index (κ3) is 6.96. The van der Waals surface area contributed by atoms with Gasteiger partial charge in [0.25, 0.3) is 0 Å². The molecule has 0 aliphatic carbocycles. The van der Waals surface area contributed by atoms with Crippen molar-refractivity contribution in [1.82, 2.24) is 0 Å². The molecule has 0 fully saturated rings. The van der Waals surface area contributed by atoms with Crippen LogP contribution in [0.25, 0.3) is 0 Å². The van der Waals surface area contributed by atoms with Crippen LogP contribution in [0.1, 0.15) is 21.5 Å². The van der Waals surface area contributed by atoms with Gasteiger partial charge >= 0.3 is 0 Å². The van der Waals surface area contributed by atoms with Crippen molar-refractivity contribution in [1.29, 1.82) is 0 Å². The second kappa shape index (κ2) is 9.18. The summed E-state index contributed by atoms with van der Waals surface area (Å²) in [5.74, 6) is 0. The fourth-order valence-electron chi connectivity index (χ4n) is 5.75. The zero-order valence-electron chi connectivity index (χ0n) is 20.1. The molecule has 1 N–H and O–H groups in total. The van der Waals surface area contributed by atoms with Gasteiger partial charge in [0.15, 0.2) is 6.78 Å². The van der Waals surface area contributed by atoms with Crippen molar-refractivity contribution in [2.75, 3.05) is 5.09 Å². The molecule has 1 aromatic rings. The normalized spacial score (nSPS) is 14.3. The second-order valence-electron chi connectivity index (χ2n) is 12.5. The molecule has 0 bridgehead atoms. The van der Waals surface area contributed by atoms with Gasteiger partial charge in [0, 0.05) is 38.0 Å². The van der Waals surface area contributed by atoms with Gasteiger partial charge in [-0.3, -0.25) is 0 Å². The third-order valence-electron chi connectivity index (χ3n) is 5.41. The van der Waals surface area contributed by atoms with Gasteiger partial charge in [-0.05, 0) is 21.5 Å². The molecule has 28 heavy (non-hydrogen) atoms. The number of anilines is 1. The monoisotopic (exact) mass is 509 g/mol. The molecular weight excluding hydrogens is 468 g/mol. The molecule has 1 rings (SSSR count). The highest BCUT2D eigenvalue weighted by molar-refractivity contribution is 8.04. The van der Waals surface area contributed by atoms with E-state index in [1.807, 2.05) is 0 Å². The lowest BCUT2D eigenvalue weighted by Gasteiger charge is -2.43. The summed E-state index contributed by atoms with van der Waals surface area (Å²) in [4.78, 5) is 0. The minimum atomic E-state index is -1.43. The number of para-hydroxylation sites is 1. The maximum absolute atomic E-state index is 6.39. The summed E-state index contributed by atoms with van der Waals surface area (Å²) in [5, 5.41) is 4.90. The van der Waals surface area contributed by atoms with Gasteiger partial charge in [-0.15, -0.1) is 0 Å². The summed E-state index contributed by atoms with van der Waals surface area (Å²) in [6.07, 6.45) is 0. The number of rotatable bonds is 8. The van der Waals surface area contributed by atoms with Crippen LogP contribution in [0.15, 0.2) is 18.2 Å². The largest absolute Gasteiger partial charge is 0.339 e. The minimum Gasteiger partial charge on any atom is -0.339 e. The smallest absolute Gasteiger partial charge is 0.184 e. The van der Waals surface area contributed by atoms with Crippen LogP contribution >= 0.6 is 29.3 Å². The number of halogens is 2. The Morgan fingerprint density at radius 2 is 0.929 bits per heavy atom. The lowest BCUT2D eigenvalue weighted by molar-refractivity contribution is 1.13. The summed E-state index contributed by atoms with van der Waals surface area (Å²) in [6, 6.07) is 7.04. The Bertz CT molecular complexity index is 592. The molecule has 0 spiro atoms. The molecule has 0 saturated heterocycles. The zero-order chi connectivity index (χ0) is 22.3. The Labute approximate surface area is 189 Å². The molecule has 0 aromatic heterocycles. The lowest BCUT2D eigenvalue weighted by Crippen LogP contribution is -2.48. The van der Waals surface area contributed by atoms with Crippen LogP contribution in [0.2, 0.25) is 78.6 Å². The Balaban J connectivity index is 3.91. The first-order valence-corrected chi connectivity index (χ1v) is 27.7. The van der Waals surface area contributed by atoms with E-state index in [4.69, 9.17) is 22.5 Å². The SMILES string of the molecule is C[Si](C)(C)C(c1cccc(C([Si](C)(C)C)[Si](C)(C)C)c1NP(Cl)Cl)[Si](C)(C)C. The first-order chi connectivity index (χ1) is 12.3. The van der Waals surface area contributed by atoms with Gasteiger partial charge in [-0.1, -0.05) is 119 Å². The summed E-state index contributed by atoms with van der Waals surface area (Å²) in [5.41, 5.74) is 4.26. The fraction of sp³-hybridized carbons (Fsp3) is 0.700. The second-order valence-corrected chi connectivity index (χ2v) is 38.1. The first-order valence-electron chi connectivity index (χ1n) is 10.3. The van der Waals surface area contributed by atoms with Crippen molar-refractivity contribution < 1.29 is 0 Å². The number of hydrogen-bond acceptors (Lipinski definition) is 1. The zero-order valence-corrected chi connectivity index (χ0v) is 26.5. The van der Waals surface area contributed by atoms with E-state index >= 15 is 0 Å². The highest BCUT2D eigenvalue weighted by atomic mass is 35.9. The molecule has 0 amide bonds. The first kappa shape index (κ1) is 26.9. The summed E-state index contributed by atoms with van der Waals surface area (Å²) < 4.78 is 0. The van der Waals surface area contributed by atoms with Crippen LogP contribution in [-0.2, 0) is 0 Å². The van der Waals surface area contributed by atoms with E-state index in [-0.39, 0.29) is 0 Å². The molecule has 162 valence electrons. The topological polar surface area (TPSA) is 12.0 Å². The Morgan fingerprint density at radius 1 is 0.643 bits per heavy atom. The maximum atomic E-state index is 6.39. The molecule has 0 aliphatic heterocycles. The van der Waals surface area contributed by atoms with E-state index < -0.39 is 39.1 Å². The van der Waals surface area contributed by atoms with Crippen molar-refractivity contribution in [2.45, 2.75) is 88.9 Å². The van der Waals surface area contributed by atoms with Crippen LogP contribution in [0.4, 0.5) is 5.69 Å². The number of nitrogens with one attached hydrogen (secondary N) is 1. The van der Waals surface area contributed by atoms with Crippen molar-refractivity contribution in [3.05, 3.63) is 29.3 Å². The van der Waals surface area contributed by atoms with Crippen molar-refractivity contribution >= 4 is 67.2 Å². The van der Waals surface area contributed by atoms with Crippen LogP contribution in [-0.4, -0.2) is 32.3 Å². The average Bonchev–Trinajstić information content (AvgIpc) is 2.35. The van der Waals surface area contributed by atoms with E-state index in [0.29, 0.717) is 10.3 Å². The summed E-state index contributed by atoms with van der Waals surface area (Å²) in [7, 11) is -5.72. The molecule has 0 radical (unpaired) electrons. The fourth-order valence-corrected chi connectivity index (χ4v) is 32.2. The Hall–Kier alpha value is 0.898. The molecular formula is C20H42Cl2NPSi4. The van der Waals surface area contributed by atoms with E-state index in [1.54, 1.807) is 0 Å². The van der Waals surface area contributed by atoms with Gasteiger partial charge in [-0.25, -0.2) is 0 Å². The molecule has 1 nitrogen and oxygen atoms in total. The highest BCUT2D eigenvalue weighted by Gasteiger charge is 2.43. The average molecular weight is 511 g/mol. The van der Waals surface area contributed by atoms with Crippen LogP contribution < -0.4 is 5.09 Å². The molecule has 8 heteroatoms. The molecule has 0 aliphatic rings. The van der Waals surface area contributed by atoms with E-state index in [0.717, 1.165) is 0 Å². The molecule has 1 aromatic carbocycles. The van der Waals surface area contributed by atoms with Crippen LogP contribution in [0, 0.1) is 0 Å². The van der Waals surface area contributed by atoms with Gasteiger partial charge in [-0.2, -0.15) is 0 Å². The standard InChI is InChI=1S/C20H42Cl2NPSi4/c1-25(2,3)19(26(4,5)6)16-14-13-15-17(18(16)23-24(21)22)20(27(7,8)9)28(10,11)12/h13-15,19-20,23H,1-12H3. The van der Waals surface area contributed by atoms with Crippen molar-refractivity contribution in [3.63, 3.8) is 0 Å². The van der Waals surface area contributed by atoms with Crippen molar-refractivity contribution in [3.8, 4) is 0 Å². The molecule has 0 saturated carbocycles. The Morgan fingerprint density at radius 3 is 1.14 bits per heavy atom. The predicted octanol–water partition coefficient (Wildman–Crippen LogP) is 9.48. The predicted molar refractivity (Wildman–Crippen MR) is 148 cm³/mol. The maximum Gasteiger partial charge on any atom is 0.184 e. The van der Waals surface area contributed by atoms with Crippen LogP contribution in [0.5, 0.6) is 0 Å². The van der Waals surface area contributed by atoms with Gasteiger partial charge in [0.1, 0.15) is 0 Å².